The molecule has 120 valence electrons. The van der Waals surface area contributed by atoms with E-state index in [1.54, 1.807) is 0 Å². The first kappa shape index (κ1) is 16.4. The highest BCUT2D eigenvalue weighted by Gasteiger charge is 2.26. The number of aromatic carboxylic acids is 1. The van der Waals surface area contributed by atoms with Crippen molar-refractivity contribution < 1.29 is 23.8 Å². The largest absolute Gasteiger partial charge is 0.478 e. The number of benzene rings is 1. The van der Waals surface area contributed by atoms with Gasteiger partial charge in [-0.25, -0.2) is 9.18 Å². The fourth-order valence-corrected chi connectivity index (χ4v) is 2.52. The van der Waals surface area contributed by atoms with Crippen LogP contribution in [0.5, 0.6) is 0 Å². The van der Waals surface area contributed by atoms with Gasteiger partial charge in [-0.2, -0.15) is 0 Å². The van der Waals surface area contributed by atoms with E-state index in [-0.39, 0.29) is 23.3 Å². The van der Waals surface area contributed by atoms with Gasteiger partial charge in [-0.15, -0.1) is 0 Å². The summed E-state index contributed by atoms with van der Waals surface area (Å²) >= 11 is 0. The molecule has 0 radical (unpaired) electrons. The lowest BCUT2D eigenvalue weighted by Gasteiger charge is -2.32. The Bertz CT molecular complexity index is 573. The maximum absolute atomic E-state index is 13.9. The van der Waals surface area contributed by atoms with Crippen LogP contribution >= 0.6 is 0 Å². The van der Waals surface area contributed by atoms with Crippen LogP contribution in [-0.4, -0.2) is 35.7 Å². The average Bonchev–Trinajstić information content (AvgIpc) is 2.47. The molecule has 0 aliphatic carbocycles. The fraction of sp³-hybridized carbons (Fsp3) is 0.500. The van der Waals surface area contributed by atoms with Crippen LogP contribution in [0.15, 0.2) is 18.2 Å². The van der Waals surface area contributed by atoms with E-state index < -0.39 is 17.7 Å². The zero-order valence-corrected chi connectivity index (χ0v) is 12.6. The molecule has 1 aliphatic heterocycles. The molecule has 2 unspecified atom stereocenters. The summed E-state index contributed by atoms with van der Waals surface area (Å²) in [6.45, 7) is 4.67. The highest BCUT2D eigenvalue weighted by molar-refractivity contribution is 5.96. The van der Waals surface area contributed by atoms with Crippen molar-refractivity contribution in [2.75, 3.05) is 6.61 Å². The lowest BCUT2D eigenvalue weighted by molar-refractivity contribution is -0.0233. The molecular formula is C16H20FNO4. The molecule has 1 fully saturated rings. The molecule has 22 heavy (non-hydrogen) atoms. The second-order valence-electron chi connectivity index (χ2n) is 5.85. The van der Waals surface area contributed by atoms with E-state index in [2.05, 4.69) is 19.2 Å². The minimum Gasteiger partial charge on any atom is -0.478 e. The Labute approximate surface area is 128 Å². The first-order valence-electron chi connectivity index (χ1n) is 7.33. The Morgan fingerprint density at radius 3 is 2.73 bits per heavy atom. The van der Waals surface area contributed by atoms with Crippen molar-refractivity contribution in [3.8, 4) is 0 Å². The Hall–Kier alpha value is -1.95. The topological polar surface area (TPSA) is 75.6 Å². The third-order valence-electron chi connectivity index (χ3n) is 3.85. The third kappa shape index (κ3) is 3.82. The number of rotatable bonds is 4. The molecule has 0 aromatic heterocycles. The first-order valence-corrected chi connectivity index (χ1v) is 7.33. The van der Waals surface area contributed by atoms with E-state index >= 15 is 0 Å². The third-order valence-corrected chi connectivity index (χ3v) is 3.85. The molecule has 1 aromatic carbocycles. The zero-order valence-electron chi connectivity index (χ0n) is 12.6. The predicted octanol–water partition coefficient (Wildman–Crippen LogP) is 2.46. The quantitative estimate of drug-likeness (QED) is 0.896. The van der Waals surface area contributed by atoms with Crippen LogP contribution in [0, 0.1) is 11.7 Å². The van der Waals surface area contributed by atoms with Gasteiger partial charge in [-0.1, -0.05) is 13.8 Å². The number of hydrogen-bond donors (Lipinski definition) is 2. The number of carboxylic acids is 1. The minimum atomic E-state index is -1.23. The molecule has 5 nitrogen and oxygen atoms in total. The van der Waals surface area contributed by atoms with E-state index in [1.807, 2.05) is 0 Å². The fourth-order valence-electron chi connectivity index (χ4n) is 2.52. The highest BCUT2D eigenvalue weighted by atomic mass is 19.1. The smallest absolute Gasteiger partial charge is 0.335 e. The average molecular weight is 309 g/mol. The Balaban J connectivity index is 2.04. The van der Waals surface area contributed by atoms with Crippen molar-refractivity contribution in [2.45, 2.75) is 38.8 Å². The SMILES string of the molecule is CC(C)C1CC(NC(=O)c2ccc(C(=O)O)cc2F)CCO1. The van der Waals surface area contributed by atoms with Gasteiger partial charge in [0.15, 0.2) is 0 Å². The van der Waals surface area contributed by atoms with E-state index in [0.717, 1.165) is 6.07 Å². The molecule has 1 aliphatic rings. The standard InChI is InChI=1S/C16H20FNO4/c1-9(2)14-8-11(5-6-22-14)18-15(19)12-4-3-10(16(20)21)7-13(12)17/h3-4,7,9,11,14H,5-6,8H2,1-2H3,(H,18,19)(H,20,21). The van der Waals surface area contributed by atoms with E-state index in [1.165, 1.54) is 12.1 Å². The summed E-state index contributed by atoms with van der Waals surface area (Å²) in [4.78, 5) is 22.9. The molecule has 1 amide bonds. The second kappa shape index (κ2) is 6.87. The molecule has 2 N–H and O–H groups in total. The van der Waals surface area contributed by atoms with Gasteiger partial charge in [0.05, 0.1) is 17.2 Å². The van der Waals surface area contributed by atoms with E-state index in [0.29, 0.717) is 25.4 Å². The number of carboxylic acid groups (broad SMARTS) is 1. The normalized spacial score (nSPS) is 21.6. The summed E-state index contributed by atoms with van der Waals surface area (Å²) in [5.41, 5.74) is -0.322. The summed E-state index contributed by atoms with van der Waals surface area (Å²) in [5.74, 6) is -2.23. The van der Waals surface area contributed by atoms with Crippen molar-refractivity contribution >= 4 is 11.9 Å². The monoisotopic (exact) mass is 309 g/mol. The van der Waals surface area contributed by atoms with E-state index in [4.69, 9.17) is 9.84 Å². The second-order valence-corrected chi connectivity index (χ2v) is 5.85. The molecule has 2 rings (SSSR count). The van der Waals surface area contributed by atoms with Crippen LogP contribution in [0.25, 0.3) is 0 Å². The maximum Gasteiger partial charge on any atom is 0.335 e. The van der Waals surface area contributed by atoms with Gasteiger partial charge in [0.1, 0.15) is 5.82 Å². The molecule has 0 bridgehead atoms. The van der Waals surface area contributed by atoms with Crippen LogP contribution in [0.1, 0.15) is 47.4 Å². The van der Waals surface area contributed by atoms with E-state index in [9.17, 15) is 14.0 Å². The number of halogens is 1. The lowest BCUT2D eigenvalue weighted by atomic mass is 9.95. The molecule has 1 saturated heterocycles. The van der Waals surface area contributed by atoms with Crippen LogP contribution in [0.2, 0.25) is 0 Å². The maximum atomic E-state index is 13.9. The zero-order chi connectivity index (χ0) is 16.3. The summed E-state index contributed by atoms with van der Waals surface area (Å²) < 4.78 is 19.5. The van der Waals surface area contributed by atoms with Gasteiger partial charge in [0.2, 0.25) is 0 Å². The number of carbonyl (C=O) groups is 2. The number of hydrogen-bond acceptors (Lipinski definition) is 3. The lowest BCUT2D eigenvalue weighted by Crippen LogP contribution is -2.43. The van der Waals surface area contributed by atoms with Crippen molar-refractivity contribution in [1.29, 1.82) is 0 Å². The van der Waals surface area contributed by atoms with Crippen LogP contribution in [0.4, 0.5) is 4.39 Å². The van der Waals surface area contributed by atoms with Crippen LogP contribution in [-0.2, 0) is 4.74 Å². The summed E-state index contributed by atoms with van der Waals surface area (Å²) in [7, 11) is 0. The first-order chi connectivity index (χ1) is 10.4. The molecule has 1 aromatic rings. The van der Waals surface area contributed by atoms with Gasteiger partial charge in [-0.3, -0.25) is 4.79 Å². The van der Waals surface area contributed by atoms with Crippen molar-refractivity contribution in [1.82, 2.24) is 5.32 Å². The number of amides is 1. The number of nitrogens with one attached hydrogen (secondary N) is 1. The predicted molar refractivity (Wildman–Crippen MR) is 78.4 cm³/mol. The van der Waals surface area contributed by atoms with Crippen molar-refractivity contribution in [3.63, 3.8) is 0 Å². The Morgan fingerprint density at radius 2 is 2.14 bits per heavy atom. The van der Waals surface area contributed by atoms with Crippen LogP contribution < -0.4 is 5.32 Å². The highest BCUT2D eigenvalue weighted by Crippen LogP contribution is 2.21. The molecule has 2 atom stereocenters. The molecular weight excluding hydrogens is 289 g/mol. The Morgan fingerprint density at radius 1 is 1.41 bits per heavy atom. The number of carbonyl (C=O) groups excluding carboxylic acids is 1. The van der Waals surface area contributed by atoms with Gasteiger partial charge in [0.25, 0.3) is 5.91 Å². The summed E-state index contributed by atoms with van der Waals surface area (Å²) in [6, 6.07) is 3.22. The molecule has 0 spiro atoms. The Kier molecular flexibility index (Phi) is 5.13. The van der Waals surface area contributed by atoms with Crippen molar-refractivity contribution in [2.24, 2.45) is 5.92 Å². The minimum absolute atomic E-state index is 0.0628. The van der Waals surface area contributed by atoms with Gasteiger partial charge >= 0.3 is 5.97 Å². The molecule has 0 saturated carbocycles. The summed E-state index contributed by atoms with van der Waals surface area (Å²) in [6.07, 6.45) is 1.46. The summed E-state index contributed by atoms with van der Waals surface area (Å²) in [5, 5.41) is 11.6. The van der Waals surface area contributed by atoms with Gasteiger partial charge in [-0.05, 0) is 37.0 Å². The van der Waals surface area contributed by atoms with Crippen molar-refractivity contribution in [3.05, 3.63) is 35.1 Å². The molecule has 6 heteroatoms. The number of ether oxygens (including phenoxy) is 1. The van der Waals surface area contributed by atoms with Gasteiger partial charge < -0.3 is 15.2 Å². The van der Waals surface area contributed by atoms with Crippen LogP contribution in [0.3, 0.4) is 0 Å². The molecule has 1 heterocycles. The van der Waals surface area contributed by atoms with Gasteiger partial charge in [0, 0.05) is 12.6 Å².